The number of pyridine rings is 1. The van der Waals surface area contributed by atoms with Crippen molar-refractivity contribution in [3.05, 3.63) is 24.0 Å². The largest absolute Gasteiger partial charge is 0.506 e. The molecule has 2 heterocycles. The molecule has 6 nitrogen and oxygen atoms in total. The van der Waals surface area contributed by atoms with Gasteiger partial charge in [0.05, 0.1) is 25.0 Å². The first-order valence-corrected chi connectivity index (χ1v) is 6.48. The summed E-state index contributed by atoms with van der Waals surface area (Å²) in [5, 5.41) is 12.1. The lowest BCUT2D eigenvalue weighted by atomic mass is 10.2. The molecular formula is C13H19N3O3. The molecule has 2 N–H and O–H groups in total. The van der Waals surface area contributed by atoms with Gasteiger partial charge in [-0.15, -0.1) is 0 Å². The Bertz CT molecular complexity index is 419. The number of hydrogen-bond acceptors (Lipinski definition) is 5. The van der Waals surface area contributed by atoms with Crippen molar-refractivity contribution in [1.82, 2.24) is 15.2 Å². The molecule has 0 bridgehead atoms. The molecule has 19 heavy (non-hydrogen) atoms. The molecule has 6 heteroatoms. The molecule has 2 rings (SSSR count). The minimum absolute atomic E-state index is 0.000895. The number of carbonyl (C=O) groups excluding carboxylic acids is 1. The van der Waals surface area contributed by atoms with Crippen LogP contribution in [0.5, 0.6) is 5.75 Å². The summed E-state index contributed by atoms with van der Waals surface area (Å²) in [4.78, 5) is 17.9. The smallest absolute Gasteiger partial charge is 0.252 e. The number of aromatic hydroxyl groups is 1. The topological polar surface area (TPSA) is 74.7 Å². The third kappa shape index (κ3) is 4.50. The molecule has 1 aromatic rings. The fraction of sp³-hybridized carbons (Fsp3) is 0.538. The number of morpholine rings is 1. The number of carbonyl (C=O) groups is 1. The maximum absolute atomic E-state index is 11.8. The van der Waals surface area contributed by atoms with Gasteiger partial charge in [0.2, 0.25) is 0 Å². The predicted octanol–water partition coefficient (Wildman–Crippen LogP) is 0.239. The van der Waals surface area contributed by atoms with Crippen LogP contribution in [-0.4, -0.2) is 60.3 Å². The second kappa shape index (κ2) is 7.06. The number of hydrogen-bond donors (Lipinski definition) is 2. The SMILES string of the molecule is O=C(NCCCN1CCOCC1)c1cncc(O)c1. The standard InChI is InChI=1S/C13H19N3O3/c17-12-8-11(9-14-10-12)13(18)15-2-1-3-16-4-6-19-7-5-16/h8-10,17H,1-7H2,(H,15,18). The zero-order valence-electron chi connectivity index (χ0n) is 10.8. The van der Waals surface area contributed by atoms with Crippen LogP contribution in [0.15, 0.2) is 18.5 Å². The van der Waals surface area contributed by atoms with Gasteiger partial charge in [-0.1, -0.05) is 0 Å². The van der Waals surface area contributed by atoms with Gasteiger partial charge in [0.25, 0.3) is 5.91 Å². The van der Waals surface area contributed by atoms with Gasteiger partial charge in [-0.25, -0.2) is 0 Å². The number of aromatic nitrogens is 1. The van der Waals surface area contributed by atoms with Gasteiger partial charge >= 0.3 is 0 Å². The normalized spacial score (nSPS) is 16.2. The zero-order valence-corrected chi connectivity index (χ0v) is 10.8. The Balaban J connectivity index is 1.66. The predicted molar refractivity (Wildman–Crippen MR) is 70.1 cm³/mol. The molecule has 1 saturated heterocycles. The Labute approximate surface area is 112 Å². The first-order chi connectivity index (χ1) is 9.25. The van der Waals surface area contributed by atoms with Crippen LogP contribution in [0.1, 0.15) is 16.8 Å². The maximum atomic E-state index is 11.8. The van der Waals surface area contributed by atoms with E-state index in [2.05, 4.69) is 15.2 Å². The van der Waals surface area contributed by atoms with E-state index in [1.807, 2.05) is 0 Å². The summed E-state index contributed by atoms with van der Waals surface area (Å²) in [6.45, 7) is 5.09. The van der Waals surface area contributed by atoms with Crippen molar-refractivity contribution in [2.45, 2.75) is 6.42 Å². The van der Waals surface area contributed by atoms with E-state index in [0.717, 1.165) is 39.3 Å². The van der Waals surface area contributed by atoms with Gasteiger partial charge < -0.3 is 15.2 Å². The quantitative estimate of drug-likeness (QED) is 0.746. The van der Waals surface area contributed by atoms with E-state index in [9.17, 15) is 9.90 Å². The van der Waals surface area contributed by atoms with E-state index in [-0.39, 0.29) is 11.7 Å². The van der Waals surface area contributed by atoms with Crippen LogP contribution in [0.4, 0.5) is 0 Å². The van der Waals surface area contributed by atoms with Crippen LogP contribution < -0.4 is 5.32 Å². The van der Waals surface area contributed by atoms with Crippen molar-refractivity contribution in [2.75, 3.05) is 39.4 Å². The summed E-state index contributed by atoms with van der Waals surface area (Å²) < 4.78 is 5.27. The van der Waals surface area contributed by atoms with Crippen molar-refractivity contribution < 1.29 is 14.6 Å². The summed E-state index contributed by atoms with van der Waals surface area (Å²) in [6.07, 6.45) is 3.64. The van der Waals surface area contributed by atoms with Gasteiger partial charge in [-0.3, -0.25) is 14.7 Å². The van der Waals surface area contributed by atoms with E-state index in [0.29, 0.717) is 12.1 Å². The van der Waals surface area contributed by atoms with Crippen LogP contribution in [-0.2, 0) is 4.74 Å². The second-order valence-electron chi connectivity index (χ2n) is 4.50. The molecule has 0 aromatic carbocycles. The molecule has 1 aliphatic rings. The second-order valence-corrected chi connectivity index (χ2v) is 4.50. The lowest BCUT2D eigenvalue weighted by molar-refractivity contribution is 0.0374. The molecule has 0 unspecified atom stereocenters. The van der Waals surface area contributed by atoms with Gasteiger partial charge in [-0.05, 0) is 19.0 Å². The Hall–Kier alpha value is -1.66. The highest BCUT2D eigenvalue weighted by Crippen LogP contribution is 2.08. The molecule has 0 radical (unpaired) electrons. The average Bonchev–Trinajstić information content (AvgIpc) is 2.44. The fourth-order valence-electron chi connectivity index (χ4n) is 1.98. The van der Waals surface area contributed by atoms with E-state index in [4.69, 9.17) is 4.74 Å². The van der Waals surface area contributed by atoms with Crippen LogP contribution >= 0.6 is 0 Å². The summed E-state index contributed by atoms with van der Waals surface area (Å²) in [5.41, 5.74) is 0.381. The number of nitrogens with zero attached hydrogens (tertiary/aromatic N) is 2. The molecule has 1 amide bonds. The van der Waals surface area contributed by atoms with Crippen LogP contribution in [0, 0.1) is 0 Å². The van der Waals surface area contributed by atoms with Gasteiger partial charge in [0, 0.05) is 25.8 Å². The summed E-state index contributed by atoms with van der Waals surface area (Å²) in [7, 11) is 0. The summed E-state index contributed by atoms with van der Waals surface area (Å²) in [6, 6.07) is 1.41. The molecule has 1 aromatic heterocycles. The molecule has 0 spiro atoms. The molecule has 104 valence electrons. The van der Waals surface area contributed by atoms with Gasteiger partial charge in [0.15, 0.2) is 0 Å². The highest BCUT2D eigenvalue weighted by Gasteiger charge is 2.10. The molecular weight excluding hydrogens is 246 g/mol. The number of nitrogens with one attached hydrogen (secondary N) is 1. The minimum Gasteiger partial charge on any atom is -0.506 e. The van der Waals surface area contributed by atoms with Crippen molar-refractivity contribution in [3.8, 4) is 5.75 Å². The Morgan fingerprint density at radius 3 is 2.95 bits per heavy atom. The molecule has 0 atom stereocenters. The van der Waals surface area contributed by atoms with Crippen molar-refractivity contribution >= 4 is 5.91 Å². The lowest BCUT2D eigenvalue weighted by Gasteiger charge is -2.26. The van der Waals surface area contributed by atoms with Crippen LogP contribution in [0.2, 0.25) is 0 Å². The zero-order chi connectivity index (χ0) is 13.5. The summed E-state index contributed by atoms with van der Waals surface area (Å²) in [5.74, 6) is -0.202. The molecule has 0 aliphatic carbocycles. The maximum Gasteiger partial charge on any atom is 0.252 e. The minimum atomic E-state index is -0.203. The third-order valence-corrected chi connectivity index (χ3v) is 3.03. The van der Waals surface area contributed by atoms with Crippen LogP contribution in [0.25, 0.3) is 0 Å². The Morgan fingerprint density at radius 1 is 1.42 bits per heavy atom. The molecule has 1 aliphatic heterocycles. The first kappa shape index (κ1) is 13.8. The summed E-state index contributed by atoms with van der Waals surface area (Å²) >= 11 is 0. The van der Waals surface area contributed by atoms with Gasteiger partial charge in [-0.2, -0.15) is 0 Å². The number of ether oxygens (including phenoxy) is 1. The van der Waals surface area contributed by atoms with E-state index in [1.54, 1.807) is 0 Å². The lowest BCUT2D eigenvalue weighted by Crippen LogP contribution is -2.38. The average molecular weight is 265 g/mol. The Kier molecular flexibility index (Phi) is 5.11. The molecule has 0 saturated carbocycles. The first-order valence-electron chi connectivity index (χ1n) is 6.48. The van der Waals surface area contributed by atoms with E-state index < -0.39 is 0 Å². The van der Waals surface area contributed by atoms with Crippen molar-refractivity contribution in [1.29, 1.82) is 0 Å². The third-order valence-electron chi connectivity index (χ3n) is 3.03. The monoisotopic (exact) mass is 265 g/mol. The van der Waals surface area contributed by atoms with Gasteiger partial charge in [0.1, 0.15) is 5.75 Å². The highest BCUT2D eigenvalue weighted by atomic mass is 16.5. The van der Waals surface area contributed by atoms with Crippen LogP contribution in [0.3, 0.4) is 0 Å². The van der Waals surface area contributed by atoms with Crippen molar-refractivity contribution in [3.63, 3.8) is 0 Å². The number of rotatable bonds is 5. The van der Waals surface area contributed by atoms with E-state index >= 15 is 0 Å². The Morgan fingerprint density at radius 2 is 2.21 bits per heavy atom. The fourth-order valence-corrected chi connectivity index (χ4v) is 1.98. The highest BCUT2D eigenvalue weighted by molar-refractivity contribution is 5.94. The number of amides is 1. The molecule has 1 fully saturated rings. The van der Waals surface area contributed by atoms with Crippen molar-refractivity contribution in [2.24, 2.45) is 0 Å². The van der Waals surface area contributed by atoms with E-state index in [1.165, 1.54) is 18.5 Å².